The molecule has 0 aromatic heterocycles. The molecule has 1 nitrogen and oxygen atoms in total. The van der Waals surface area contributed by atoms with Gasteiger partial charge in [0, 0.05) is 0 Å². The van der Waals surface area contributed by atoms with Gasteiger partial charge in [-0.1, -0.05) is 26.8 Å². The smallest absolute Gasteiger partial charge is 0.142 e. The fourth-order valence-corrected chi connectivity index (χ4v) is 3.37. The summed E-state index contributed by atoms with van der Waals surface area (Å²) in [6.45, 7) is 6.45. The van der Waals surface area contributed by atoms with Gasteiger partial charge in [-0.05, 0) is 62.2 Å². The van der Waals surface area contributed by atoms with Gasteiger partial charge in [0.15, 0.2) is 0 Å². The molecule has 0 saturated carbocycles. The van der Waals surface area contributed by atoms with Crippen LogP contribution in [-0.4, -0.2) is 5.11 Å². The van der Waals surface area contributed by atoms with Crippen molar-refractivity contribution in [2.24, 2.45) is 0 Å². The monoisotopic (exact) mass is 402 g/mol. The zero-order valence-corrected chi connectivity index (χ0v) is 12.2. The fraction of sp³-hybridized carbons (Fsp3) is 0.400. The molecule has 0 saturated heterocycles. The van der Waals surface area contributed by atoms with Crippen molar-refractivity contribution in [1.82, 2.24) is 0 Å². The Morgan fingerprint density at radius 2 is 1.69 bits per heavy atom. The predicted molar refractivity (Wildman–Crippen MR) is 72.2 cm³/mol. The standard InChI is InChI=1S/C10H12I2O/c1-10(2,3)6-4-5-7(11)9(13)8(6)12/h4-5,13H,1-3H3. The first-order chi connectivity index (χ1) is 5.84. The summed E-state index contributed by atoms with van der Waals surface area (Å²) in [4.78, 5) is 0. The zero-order chi connectivity index (χ0) is 10.2. The van der Waals surface area contributed by atoms with Gasteiger partial charge in [0.1, 0.15) is 5.75 Å². The molecule has 0 bridgehead atoms. The molecular formula is C10H12I2O. The van der Waals surface area contributed by atoms with E-state index in [0.29, 0.717) is 5.75 Å². The van der Waals surface area contributed by atoms with Gasteiger partial charge in [0.05, 0.1) is 7.14 Å². The molecule has 1 aromatic carbocycles. The van der Waals surface area contributed by atoms with Crippen molar-refractivity contribution in [1.29, 1.82) is 0 Å². The second-order valence-corrected chi connectivity index (χ2v) is 6.25. The maximum absolute atomic E-state index is 9.74. The van der Waals surface area contributed by atoms with Crippen molar-refractivity contribution >= 4 is 45.2 Å². The van der Waals surface area contributed by atoms with Crippen molar-refractivity contribution in [3.8, 4) is 5.75 Å². The molecule has 0 fully saturated rings. The van der Waals surface area contributed by atoms with E-state index < -0.39 is 0 Å². The molecule has 1 rings (SSSR count). The summed E-state index contributed by atoms with van der Waals surface area (Å²) in [5, 5.41) is 9.74. The van der Waals surface area contributed by atoms with Crippen LogP contribution in [0.5, 0.6) is 5.75 Å². The van der Waals surface area contributed by atoms with Gasteiger partial charge in [0.2, 0.25) is 0 Å². The van der Waals surface area contributed by atoms with Crippen LogP contribution in [0, 0.1) is 7.14 Å². The Kier molecular flexibility index (Phi) is 3.49. The van der Waals surface area contributed by atoms with E-state index in [9.17, 15) is 5.11 Å². The van der Waals surface area contributed by atoms with Gasteiger partial charge >= 0.3 is 0 Å². The molecule has 0 aliphatic rings. The summed E-state index contributed by atoms with van der Waals surface area (Å²) < 4.78 is 1.88. The first-order valence-electron chi connectivity index (χ1n) is 4.01. The average Bonchev–Trinajstić information content (AvgIpc) is 1.98. The number of benzene rings is 1. The number of halogens is 2. The molecule has 0 aliphatic carbocycles. The number of hydrogen-bond donors (Lipinski definition) is 1. The van der Waals surface area contributed by atoms with Gasteiger partial charge < -0.3 is 5.11 Å². The van der Waals surface area contributed by atoms with Crippen molar-refractivity contribution in [2.75, 3.05) is 0 Å². The second kappa shape index (κ2) is 3.92. The molecule has 1 aromatic rings. The van der Waals surface area contributed by atoms with E-state index in [-0.39, 0.29) is 5.41 Å². The van der Waals surface area contributed by atoms with Crippen LogP contribution in [0.1, 0.15) is 26.3 Å². The zero-order valence-electron chi connectivity index (χ0n) is 7.86. The van der Waals surface area contributed by atoms with E-state index in [1.54, 1.807) is 0 Å². The quantitative estimate of drug-likeness (QED) is 0.653. The number of aromatic hydroxyl groups is 1. The van der Waals surface area contributed by atoms with Crippen LogP contribution < -0.4 is 0 Å². The molecule has 1 N–H and O–H groups in total. The lowest BCUT2D eigenvalue weighted by molar-refractivity contribution is 0.462. The van der Waals surface area contributed by atoms with E-state index in [1.165, 1.54) is 5.56 Å². The average molecular weight is 402 g/mol. The first-order valence-corrected chi connectivity index (χ1v) is 6.17. The molecule has 13 heavy (non-hydrogen) atoms. The van der Waals surface area contributed by atoms with Crippen LogP contribution in [0.2, 0.25) is 0 Å². The van der Waals surface area contributed by atoms with Gasteiger partial charge in [0.25, 0.3) is 0 Å². The Balaban J connectivity index is 3.35. The number of phenolic OH excluding ortho intramolecular Hbond substituents is 1. The number of rotatable bonds is 0. The molecule has 0 heterocycles. The third kappa shape index (κ3) is 2.49. The Morgan fingerprint density at radius 1 is 1.15 bits per heavy atom. The third-order valence-corrected chi connectivity index (χ3v) is 3.84. The predicted octanol–water partition coefficient (Wildman–Crippen LogP) is 3.90. The molecule has 0 atom stereocenters. The fourth-order valence-electron chi connectivity index (χ4n) is 1.12. The minimum absolute atomic E-state index is 0.0956. The second-order valence-electron chi connectivity index (χ2n) is 4.01. The maximum Gasteiger partial charge on any atom is 0.142 e. The summed E-state index contributed by atoms with van der Waals surface area (Å²) in [6, 6.07) is 4.04. The molecular weight excluding hydrogens is 390 g/mol. The van der Waals surface area contributed by atoms with E-state index in [2.05, 4.69) is 72.0 Å². The molecule has 0 aliphatic heterocycles. The summed E-state index contributed by atoms with van der Waals surface area (Å²) in [7, 11) is 0. The van der Waals surface area contributed by atoms with E-state index in [4.69, 9.17) is 0 Å². The van der Waals surface area contributed by atoms with Crippen molar-refractivity contribution in [3.05, 3.63) is 24.8 Å². The topological polar surface area (TPSA) is 20.2 Å². The lowest BCUT2D eigenvalue weighted by atomic mass is 9.87. The Labute approximate surface area is 106 Å². The van der Waals surface area contributed by atoms with E-state index in [0.717, 1.165) is 7.14 Å². The highest BCUT2D eigenvalue weighted by molar-refractivity contribution is 14.1. The SMILES string of the molecule is CC(C)(C)c1ccc(I)c(O)c1I. The summed E-state index contributed by atoms with van der Waals surface area (Å²) >= 11 is 4.34. The normalized spacial score (nSPS) is 11.8. The molecule has 0 amide bonds. The van der Waals surface area contributed by atoms with Crippen LogP contribution in [-0.2, 0) is 5.41 Å². The summed E-state index contributed by atoms with van der Waals surface area (Å²) in [5.74, 6) is 0.411. The summed E-state index contributed by atoms with van der Waals surface area (Å²) in [6.07, 6.45) is 0. The summed E-state index contributed by atoms with van der Waals surface area (Å²) in [5.41, 5.74) is 1.30. The van der Waals surface area contributed by atoms with Crippen LogP contribution in [0.3, 0.4) is 0 Å². The van der Waals surface area contributed by atoms with Gasteiger partial charge in [-0.2, -0.15) is 0 Å². The highest BCUT2D eigenvalue weighted by Crippen LogP contribution is 2.34. The number of hydrogen-bond acceptors (Lipinski definition) is 1. The largest absolute Gasteiger partial charge is 0.506 e. The van der Waals surface area contributed by atoms with Crippen LogP contribution in [0.25, 0.3) is 0 Å². The van der Waals surface area contributed by atoms with Crippen molar-refractivity contribution in [3.63, 3.8) is 0 Å². The number of phenols is 1. The molecule has 0 spiro atoms. The van der Waals surface area contributed by atoms with Crippen LogP contribution in [0.4, 0.5) is 0 Å². The maximum atomic E-state index is 9.74. The minimum Gasteiger partial charge on any atom is -0.506 e. The van der Waals surface area contributed by atoms with Crippen LogP contribution >= 0.6 is 45.2 Å². The minimum atomic E-state index is 0.0956. The highest BCUT2D eigenvalue weighted by Gasteiger charge is 2.19. The Bertz CT molecular complexity index is 326. The van der Waals surface area contributed by atoms with E-state index >= 15 is 0 Å². The molecule has 0 radical (unpaired) electrons. The molecule has 72 valence electrons. The highest BCUT2D eigenvalue weighted by atomic mass is 127. The van der Waals surface area contributed by atoms with Crippen molar-refractivity contribution in [2.45, 2.75) is 26.2 Å². The van der Waals surface area contributed by atoms with Gasteiger partial charge in [-0.3, -0.25) is 0 Å². The van der Waals surface area contributed by atoms with Gasteiger partial charge in [-0.15, -0.1) is 0 Å². The first kappa shape index (κ1) is 11.6. The lowest BCUT2D eigenvalue weighted by Gasteiger charge is -2.21. The van der Waals surface area contributed by atoms with Crippen molar-refractivity contribution < 1.29 is 5.11 Å². The van der Waals surface area contributed by atoms with Crippen LogP contribution in [0.15, 0.2) is 12.1 Å². The Morgan fingerprint density at radius 3 is 2.15 bits per heavy atom. The Hall–Kier alpha value is 0.480. The van der Waals surface area contributed by atoms with Gasteiger partial charge in [-0.25, -0.2) is 0 Å². The lowest BCUT2D eigenvalue weighted by Crippen LogP contribution is -2.13. The molecule has 3 heteroatoms. The molecule has 0 unspecified atom stereocenters. The van der Waals surface area contributed by atoms with E-state index in [1.807, 2.05) is 6.07 Å². The third-order valence-electron chi connectivity index (χ3n) is 1.87.